The first-order valence-corrected chi connectivity index (χ1v) is 27.9. The smallest absolute Gasteiger partial charge is 0.387 e. The fourth-order valence-corrected chi connectivity index (χ4v) is 8.42. The monoisotopic (exact) mass is 896 g/mol. The molecule has 0 radical (unpaired) electrons. The Balaban J connectivity index is 4.24. The standard InChI is InChI=1S/C53H103N2O6P/c1-6-8-10-12-14-16-18-20-22-23-24-25-26-27-28-29-30-31-33-34-36-38-40-42-44-46-52(56)51(50-61-62(58,59)60-49-48-55(3,4)5)54-53(57)47-45-43-41-39-37-35-32-21-19-17-15-13-11-9-7-2/h15,17,19,21,44,46,51-52,56H,6-14,16,18,20,22-43,45,47-50H2,1-5H3,(H-,54,57,58,59)/p+1/b17-15-,21-19-,46-44+. The van der Waals surface area contributed by atoms with Gasteiger partial charge in [0.05, 0.1) is 39.9 Å². The van der Waals surface area contributed by atoms with Crippen LogP contribution in [0.1, 0.15) is 245 Å². The van der Waals surface area contributed by atoms with E-state index in [0.717, 1.165) is 51.4 Å². The van der Waals surface area contributed by atoms with Crippen molar-refractivity contribution in [3.63, 3.8) is 0 Å². The molecule has 8 nitrogen and oxygen atoms in total. The summed E-state index contributed by atoms with van der Waals surface area (Å²) >= 11 is 0. The van der Waals surface area contributed by atoms with Crippen molar-refractivity contribution in [2.24, 2.45) is 0 Å². The van der Waals surface area contributed by atoms with Gasteiger partial charge in [-0.1, -0.05) is 230 Å². The summed E-state index contributed by atoms with van der Waals surface area (Å²) in [7, 11) is 1.57. The second-order valence-corrected chi connectivity index (χ2v) is 20.7. The number of aliphatic hydroxyl groups excluding tert-OH is 1. The molecular weight excluding hydrogens is 792 g/mol. The number of likely N-dealkylation sites (N-methyl/N-ethyl adjacent to an activating group) is 1. The van der Waals surface area contributed by atoms with E-state index >= 15 is 0 Å². The SMILES string of the molecule is CCCCC/C=C\C=C/CCCCCCCCC(=O)NC(COP(=O)(O)OCC[N+](C)(C)C)C(O)/C=C/CCCCCCCCCCCCCCCCCCCCCCCCC. The molecule has 0 aromatic rings. The molecule has 0 fully saturated rings. The second-order valence-electron chi connectivity index (χ2n) is 19.3. The lowest BCUT2D eigenvalue weighted by atomic mass is 10.0. The molecule has 3 unspecified atom stereocenters. The predicted molar refractivity (Wildman–Crippen MR) is 268 cm³/mol. The molecule has 0 saturated heterocycles. The number of aliphatic hydroxyl groups is 1. The average Bonchev–Trinajstić information content (AvgIpc) is 3.23. The van der Waals surface area contributed by atoms with Gasteiger partial charge in [-0.3, -0.25) is 13.8 Å². The van der Waals surface area contributed by atoms with Crippen molar-refractivity contribution in [1.29, 1.82) is 0 Å². The number of hydrogen-bond donors (Lipinski definition) is 3. The Morgan fingerprint density at radius 3 is 1.32 bits per heavy atom. The minimum Gasteiger partial charge on any atom is -0.387 e. The highest BCUT2D eigenvalue weighted by Gasteiger charge is 2.27. The van der Waals surface area contributed by atoms with Gasteiger partial charge in [-0.25, -0.2) is 4.57 Å². The Hall–Kier alpha value is -1.28. The number of hydrogen-bond acceptors (Lipinski definition) is 5. The lowest BCUT2D eigenvalue weighted by Gasteiger charge is -2.25. The molecule has 3 atom stereocenters. The Labute approximate surface area is 385 Å². The topological polar surface area (TPSA) is 105 Å². The first-order valence-electron chi connectivity index (χ1n) is 26.4. The summed E-state index contributed by atoms with van der Waals surface area (Å²) in [5, 5.41) is 13.9. The van der Waals surface area contributed by atoms with Crippen molar-refractivity contribution in [3.05, 3.63) is 36.5 Å². The number of phosphoric ester groups is 1. The molecule has 0 rings (SSSR count). The van der Waals surface area contributed by atoms with Gasteiger partial charge in [-0.2, -0.15) is 0 Å². The molecule has 366 valence electrons. The predicted octanol–water partition coefficient (Wildman–Crippen LogP) is 15.4. The van der Waals surface area contributed by atoms with Gasteiger partial charge in [-0.15, -0.1) is 0 Å². The third kappa shape index (κ3) is 46.7. The van der Waals surface area contributed by atoms with Crippen LogP contribution in [-0.4, -0.2) is 73.4 Å². The average molecular weight is 896 g/mol. The van der Waals surface area contributed by atoms with Crippen molar-refractivity contribution in [2.75, 3.05) is 40.9 Å². The van der Waals surface area contributed by atoms with Crippen molar-refractivity contribution in [3.8, 4) is 0 Å². The largest absolute Gasteiger partial charge is 0.472 e. The Kier molecular flexibility index (Phi) is 44.0. The lowest BCUT2D eigenvalue weighted by Crippen LogP contribution is -2.45. The Morgan fingerprint density at radius 1 is 0.548 bits per heavy atom. The normalized spacial score (nSPS) is 14.4. The maximum Gasteiger partial charge on any atom is 0.472 e. The number of carbonyl (C=O) groups excluding carboxylic acids is 1. The van der Waals surface area contributed by atoms with Crippen LogP contribution in [0.5, 0.6) is 0 Å². The van der Waals surface area contributed by atoms with Gasteiger partial charge in [0.2, 0.25) is 5.91 Å². The number of nitrogens with zero attached hydrogens (tertiary/aromatic N) is 1. The highest BCUT2D eigenvalue weighted by Crippen LogP contribution is 2.43. The van der Waals surface area contributed by atoms with Crippen LogP contribution < -0.4 is 5.32 Å². The molecule has 0 aromatic carbocycles. The lowest BCUT2D eigenvalue weighted by molar-refractivity contribution is -0.870. The first-order chi connectivity index (χ1) is 30.0. The number of quaternary nitrogens is 1. The van der Waals surface area contributed by atoms with Gasteiger partial charge < -0.3 is 19.8 Å². The molecule has 0 spiro atoms. The molecule has 0 aliphatic heterocycles. The van der Waals surface area contributed by atoms with E-state index in [9.17, 15) is 19.4 Å². The number of unbranched alkanes of at least 4 members (excludes halogenated alkanes) is 32. The molecule has 62 heavy (non-hydrogen) atoms. The van der Waals surface area contributed by atoms with Crippen LogP contribution in [0.15, 0.2) is 36.5 Å². The number of phosphoric acid groups is 1. The molecule has 9 heteroatoms. The quantitative estimate of drug-likeness (QED) is 0.0185. The fourth-order valence-electron chi connectivity index (χ4n) is 7.68. The zero-order chi connectivity index (χ0) is 45.7. The van der Waals surface area contributed by atoms with Crippen LogP contribution in [0.4, 0.5) is 0 Å². The maximum absolute atomic E-state index is 12.9. The Morgan fingerprint density at radius 2 is 0.903 bits per heavy atom. The van der Waals surface area contributed by atoms with Gasteiger partial charge in [0, 0.05) is 6.42 Å². The van der Waals surface area contributed by atoms with Crippen LogP contribution in [0.2, 0.25) is 0 Å². The van der Waals surface area contributed by atoms with Gasteiger partial charge in [-0.05, 0) is 44.9 Å². The number of allylic oxidation sites excluding steroid dienone is 5. The number of amides is 1. The highest BCUT2D eigenvalue weighted by atomic mass is 31.2. The maximum atomic E-state index is 12.9. The van der Waals surface area contributed by atoms with Crippen LogP contribution >= 0.6 is 7.82 Å². The summed E-state index contributed by atoms with van der Waals surface area (Å²) in [5.74, 6) is -0.188. The molecule has 0 aliphatic rings. The Bertz CT molecular complexity index is 1110. The molecule has 0 heterocycles. The second kappa shape index (κ2) is 44.9. The molecule has 0 bridgehead atoms. The minimum absolute atomic E-state index is 0.0591. The first kappa shape index (κ1) is 60.7. The number of rotatable bonds is 48. The van der Waals surface area contributed by atoms with Crippen molar-refractivity contribution in [2.45, 2.75) is 257 Å². The van der Waals surface area contributed by atoms with E-state index in [1.165, 1.54) is 173 Å². The van der Waals surface area contributed by atoms with Gasteiger partial charge in [0.25, 0.3) is 0 Å². The molecule has 0 saturated carbocycles. The van der Waals surface area contributed by atoms with E-state index in [2.05, 4.69) is 43.5 Å². The van der Waals surface area contributed by atoms with E-state index in [1.54, 1.807) is 6.08 Å². The molecule has 3 N–H and O–H groups in total. The van der Waals surface area contributed by atoms with E-state index in [4.69, 9.17) is 9.05 Å². The van der Waals surface area contributed by atoms with Crippen LogP contribution in [0, 0.1) is 0 Å². The van der Waals surface area contributed by atoms with Gasteiger partial charge in [0.1, 0.15) is 13.2 Å². The summed E-state index contributed by atoms with van der Waals surface area (Å²) in [6.45, 7) is 4.79. The zero-order valence-electron chi connectivity index (χ0n) is 41.6. The fraction of sp³-hybridized carbons (Fsp3) is 0.868. The number of carbonyl (C=O) groups is 1. The van der Waals surface area contributed by atoms with E-state index in [-0.39, 0.29) is 19.1 Å². The van der Waals surface area contributed by atoms with E-state index < -0.39 is 20.0 Å². The van der Waals surface area contributed by atoms with Crippen molar-refractivity contribution >= 4 is 13.7 Å². The van der Waals surface area contributed by atoms with Gasteiger partial charge in [0.15, 0.2) is 0 Å². The van der Waals surface area contributed by atoms with E-state index in [0.29, 0.717) is 17.4 Å². The molecule has 0 aliphatic carbocycles. The highest BCUT2D eigenvalue weighted by molar-refractivity contribution is 7.47. The summed E-state index contributed by atoms with van der Waals surface area (Å²) in [4.78, 5) is 23.2. The van der Waals surface area contributed by atoms with E-state index in [1.807, 2.05) is 27.2 Å². The minimum atomic E-state index is -4.35. The van der Waals surface area contributed by atoms with Crippen molar-refractivity contribution in [1.82, 2.24) is 5.32 Å². The van der Waals surface area contributed by atoms with Gasteiger partial charge >= 0.3 is 7.82 Å². The summed E-state index contributed by atoms with van der Waals surface area (Å²) in [6.07, 6.45) is 56.6. The summed E-state index contributed by atoms with van der Waals surface area (Å²) in [5.41, 5.74) is 0. The third-order valence-electron chi connectivity index (χ3n) is 11.9. The van der Waals surface area contributed by atoms with Crippen LogP contribution in [0.25, 0.3) is 0 Å². The molecule has 1 amide bonds. The summed E-state index contributed by atoms with van der Waals surface area (Å²) in [6, 6.07) is -0.852. The zero-order valence-corrected chi connectivity index (χ0v) is 42.5. The van der Waals surface area contributed by atoms with Crippen LogP contribution in [-0.2, 0) is 18.4 Å². The molecular formula is C53H104N2O6P+. The molecule has 0 aromatic heterocycles. The summed E-state index contributed by atoms with van der Waals surface area (Å²) < 4.78 is 23.6. The van der Waals surface area contributed by atoms with Crippen LogP contribution in [0.3, 0.4) is 0 Å². The van der Waals surface area contributed by atoms with Crippen molar-refractivity contribution < 1.29 is 32.9 Å². The third-order valence-corrected chi connectivity index (χ3v) is 12.9. The number of nitrogens with one attached hydrogen (secondary N) is 1.